The first kappa shape index (κ1) is 21.2. The summed E-state index contributed by atoms with van der Waals surface area (Å²) >= 11 is 5.92. The van der Waals surface area contributed by atoms with Crippen LogP contribution in [0.15, 0.2) is 54.1 Å². The van der Waals surface area contributed by atoms with Gasteiger partial charge in [-0.2, -0.15) is 5.26 Å². The third-order valence-electron chi connectivity index (χ3n) is 4.62. The zero-order chi connectivity index (χ0) is 21.8. The van der Waals surface area contributed by atoms with Gasteiger partial charge < -0.3 is 14.6 Å². The van der Waals surface area contributed by atoms with Gasteiger partial charge in [0.05, 0.1) is 12.1 Å². The number of hydrogen-bond acceptors (Lipinski definition) is 3. The molecular formula is C23H19ClFN3O2. The molecule has 1 heterocycles. The van der Waals surface area contributed by atoms with Crippen LogP contribution in [0, 0.1) is 31.0 Å². The standard InChI is InChI=1S/C23H19ClFN3O2/c1-14-9-16(15(2)28(14)19-7-8-22(25)21(24)12-19)10-17(13-26)23(29)27-18-5-4-6-20(11-18)30-3/h4-12H,1-3H3,(H,27,29)/b17-10-. The largest absolute Gasteiger partial charge is 0.497 e. The molecule has 0 spiro atoms. The van der Waals surface area contributed by atoms with Crippen molar-refractivity contribution in [1.29, 1.82) is 5.26 Å². The molecule has 0 saturated heterocycles. The number of hydrogen-bond donors (Lipinski definition) is 1. The van der Waals surface area contributed by atoms with Gasteiger partial charge >= 0.3 is 0 Å². The van der Waals surface area contributed by atoms with Crippen LogP contribution < -0.4 is 10.1 Å². The Balaban J connectivity index is 1.93. The number of carbonyl (C=O) groups is 1. The Hall–Kier alpha value is -3.56. The first-order valence-electron chi connectivity index (χ1n) is 9.05. The number of anilines is 1. The summed E-state index contributed by atoms with van der Waals surface area (Å²) in [5.41, 5.74) is 3.51. The molecule has 7 heteroatoms. The zero-order valence-electron chi connectivity index (χ0n) is 16.7. The van der Waals surface area contributed by atoms with Crippen molar-refractivity contribution >= 4 is 29.3 Å². The van der Waals surface area contributed by atoms with Crippen LogP contribution in [0.25, 0.3) is 11.8 Å². The van der Waals surface area contributed by atoms with Crippen LogP contribution >= 0.6 is 11.6 Å². The third-order valence-corrected chi connectivity index (χ3v) is 4.91. The smallest absolute Gasteiger partial charge is 0.266 e. The topological polar surface area (TPSA) is 67.0 Å². The average molecular weight is 424 g/mol. The fourth-order valence-electron chi connectivity index (χ4n) is 3.16. The van der Waals surface area contributed by atoms with E-state index in [4.69, 9.17) is 16.3 Å². The summed E-state index contributed by atoms with van der Waals surface area (Å²) in [6.45, 7) is 3.73. The zero-order valence-corrected chi connectivity index (χ0v) is 17.4. The number of aryl methyl sites for hydroxylation is 1. The number of aromatic nitrogens is 1. The van der Waals surface area contributed by atoms with Crippen LogP contribution in [0.2, 0.25) is 5.02 Å². The summed E-state index contributed by atoms with van der Waals surface area (Å²) in [7, 11) is 1.53. The Morgan fingerprint density at radius 1 is 1.23 bits per heavy atom. The summed E-state index contributed by atoms with van der Waals surface area (Å²) in [4.78, 5) is 12.6. The second kappa shape index (κ2) is 8.85. The van der Waals surface area contributed by atoms with E-state index < -0.39 is 11.7 Å². The molecule has 0 fully saturated rings. The number of nitrogens with one attached hydrogen (secondary N) is 1. The molecule has 0 radical (unpaired) electrons. The number of nitriles is 1. The van der Waals surface area contributed by atoms with Crippen molar-refractivity contribution in [3.8, 4) is 17.5 Å². The SMILES string of the molecule is COc1cccc(NC(=O)/C(C#N)=C\c2cc(C)n(-c3ccc(F)c(Cl)c3)c2C)c1. The van der Waals surface area contributed by atoms with Gasteiger partial charge in [-0.25, -0.2) is 4.39 Å². The molecule has 3 rings (SSSR count). The molecule has 0 unspecified atom stereocenters. The second-order valence-corrected chi connectivity index (χ2v) is 7.02. The lowest BCUT2D eigenvalue weighted by molar-refractivity contribution is -0.112. The van der Waals surface area contributed by atoms with Gasteiger partial charge in [-0.1, -0.05) is 17.7 Å². The molecule has 1 N–H and O–H groups in total. The predicted octanol–water partition coefficient (Wildman–Crippen LogP) is 5.44. The monoisotopic (exact) mass is 423 g/mol. The molecule has 0 saturated carbocycles. The normalized spacial score (nSPS) is 11.1. The lowest BCUT2D eigenvalue weighted by Gasteiger charge is -2.10. The Kier molecular flexibility index (Phi) is 6.24. The highest BCUT2D eigenvalue weighted by Crippen LogP contribution is 2.26. The summed E-state index contributed by atoms with van der Waals surface area (Å²) in [6, 6.07) is 15.1. The maximum absolute atomic E-state index is 13.5. The fourth-order valence-corrected chi connectivity index (χ4v) is 3.33. The lowest BCUT2D eigenvalue weighted by atomic mass is 10.1. The van der Waals surface area contributed by atoms with E-state index >= 15 is 0 Å². The van der Waals surface area contributed by atoms with Crippen molar-refractivity contribution in [3.05, 3.63) is 81.9 Å². The maximum Gasteiger partial charge on any atom is 0.266 e. The molecule has 5 nitrogen and oxygen atoms in total. The minimum Gasteiger partial charge on any atom is -0.497 e. The van der Waals surface area contributed by atoms with Crippen LogP contribution in [-0.4, -0.2) is 17.6 Å². The number of amides is 1. The Morgan fingerprint density at radius 2 is 2.00 bits per heavy atom. The van der Waals surface area contributed by atoms with E-state index in [1.54, 1.807) is 30.3 Å². The van der Waals surface area contributed by atoms with Crippen molar-refractivity contribution in [2.24, 2.45) is 0 Å². The van der Waals surface area contributed by atoms with Gasteiger partial charge in [-0.15, -0.1) is 0 Å². The van der Waals surface area contributed by atoms with Crippen LogP contribution in [0.5, 0.6) is 5.75 Å². The molecule has 0 bridgehead atoms. The molecule has 1 amide bonds. The van der Waals surface area contributed by atoms with E-state index in [-0.39, 0.29) is 10.6 Å². The molecule has 0 aliphatic heterocycles. The van der Waals surface area contributed by atoms with Gasteiger partial charge in [0, 0.05) is 28.8 Å². The van der Waals surface area contributed by atoms with E-state index in [9.17, 15) is 14.4 Å². The van der Waals surface area contributed by atoms with Gasteiger partial charge in [0.1, 0.15) is 23.2 Å². The molecule has 0 aliphatic carbocycles. The molecule has 1 aromatic heterocycles. The van der Waals surface area contributed by atoms with Gasteiger partial charge in [-0.05, 0) is 61.9 Å². The van der Waals surface area contributed by atoms with Crippen LogP contribution in [0.3, 0.4) is 0 Å². The predicted molar refractivity (Wildman–Crippen MR) is 115 cm³/mol. The van der Waals surface area contributed by atoms with Gasteiger partial charge in [0.2, 0.25) is 0 Å². The number of halogens is 2. The highest BCUT2D eigenvalue weighted by molar-refractivity contribution is 6.30. The lowest BCUT2D eigenvalue weighted by Crippen LogP contribution is -2.13. The Labute approximate surface area is 179 Å². The van der Waals surface area contributed by atoms with Crippen molar-refractivity contribution < 1.29 is 13.9 Å². The molecule has 3 aromatic rings. The first-order valence-corrected chi connectivity index (χ1v) is 9.43. The highest BCUT2D eigenvalue weighted by atomic mass is 35.5. The van der Waals surface area contributed by atoms with Gasteiger partial charge in [0.25, 0.3) is 5.91 Å². The highest BCUT2D eigenvalue weighted by Gasteiger charge is 2.15. The van der Waals surface area contributed by atoms with E-state index in [0.717, 1.165) is 11.4 Å². The van der Waals surface area contributed by atoms with Gasteiger partial charge in [0.15, 0.2) is 0 Å². The minimum atomic E-state index is -0.527. The molecule has 152 valence electrons. The van der Waals surface area contributed by atoms with E-state index in [1.165, 1.54) is 25.3 Å². The van der Waals surface area contributed by atoms with E-state index in [1.807, 2.05) is 30.6 Å². The molecule has 2 aromatic carbocycles. The van der Waals surface area contributed by atoms with E-state index in [0.29, 0.717) is 22.7 Å². The minimum absolute atomic E-state index is 0.0208. The summed E-state index contributed by atoms with van der Waals surface area (Å²) in [5.74, 6) is -0.429. The fraction of sp³-hybridized carbons (Fsp3) is 0.130. The Bertz CT molecular complexity index is 1190. The van der Waals surface area contributed by atoms with Crippen molar-refractivity contribution in [3.63, 3.8) is 0 Å². The number of benzene rings is 2. The molecule has 30 heavy (non-hydrogen) atoms. The Morgan fingerprint density at radius 3 is 2.67 bits per heavy atom. The average Bonchev–Trinajstić information content (AvgIpc) is 3.01. The van der Waals surface area contributed by atoms with Crippen LogP contribution in [-0.2, 0) is 4.79 Å². The van der Waals surface area contributed by atoms with E-state index in [2.05, 4.69) is 5.32 Å². The third kappa shape index (κ3) is 4.37. The number of methoxy groups -OCH3 is 1. The number of carbonyl (C=O) groups excluding carboxylic acids is 1. The quantitative estimate of drug-likeness (QED) is 0.439. The second-order valence-electron chi connectivity index (χ2n) is 6.62. The van der Waals surface area contributed by atoms with Gasteiger partial charge in [-0.3, -0.25) is 4.79 Å². The van der Waals surface area contributed by atoms with Crippen LogP contribution in [0.1, 0.15) is 17.0 Å². The number of ether oxygens (including phenoxy) is 1. The van der Waals surface area contributed by atoms with Crippen LogP contribution in [0.4, 0.5) is 10.1 Å². The summed E-state index contributed by atoms with van der Waals surface area (Å²) < 4.78 is 20.5. The van der Waals surface area contributed by atoms with Crippen molar-refractivity contribution in [1.82, 2.24) is 4.57 Å². The number of rotatable bonds is 5. The molecule has 0 aliphatic rings. The molecular weight excluding hydrogens is 405 g/mol. The van der Waals surface area contributed by atoms with Crippen molar-refractivity contribution in [2.75, 3.05) is 12.4 Å². The van der Waals surface area contributed by atoms with Crippen molar-refractivity contribution in [2.45, 2.75) is 13.8 Å². The summed E-state index contributed by atoms with van der Waals surface area (Å²) in [6.07, 6.45) is 1.53. The molecule has 0 atom stereocenters. The maximum atomic E-state index is 13.5. The number of nitrogens with zero attached hydrogens (tertiary/aromatic N) is 2. The summed E-state index contributed by atoms with van der Waals surface area (Å²) in [5, 5.41) is 12.2. The first-order chi connectivity index (χ1) is 14.3.